The zero-order valence-corrected chi connectivity index (χ0v) is 15.8. The smallest absolute Gasteiger partial charge is 0.225 e. The number of nitrogens with zero attached hydrogens (tertiary/aromatic N) is 3. The third-order valence-electron chi connectivity index (χ3n) is 3.93. The van der Waals surface area contributed by atoms with Crippen molar-refractivity contribution in [2.75, 3.05) is 38.0 Å². The van der Waals surface area contributed by atoms with Crippen LogP contribution < -0.4 is 20.1 Å². The van der Waals surface area contributed by atoms with Crippen LogP contribution in [0.5, 0.6) is 11.5 Å². The van der Waals surface area contributed by atoms with Gasteiger partial charge in [0.05, 0.1) is 25.6 Å². The van der Waals surface area contributed by atoms with Crippen molar-refractivity contribution in [1.82, 2.24) is 15.0 Å². The summed E-state index contributed by atoms with van der Waals surface area (Å²) in [6.07, 6.45) is 2.33. The Morgan fingerprint density at radius 2 is 1.82 bits per heavy atom. The van der Waals surface area contributed by atoms with Gasteiger partial charge in [0.15, 0.2) is 11.5 Å². The molecular weight excluding hydrogens is 358 g/mol. The first-order valence-electron chi connectivity index (χ1n) is 8.87. The van der Waals surface area contributed by atoms with Crippen molar-refractivity contribution in [3.05, 3.63) is 48.7 Å². The highest BCUT2D eigenvalue weighted by atomic mass is 16.5. The molecule has 0 saturated heterocycles. The van der Waals surface area contributed by atoms with E-state index in [2.05, 4.69) is 25.6 Å². The Balaban J connectivity index is 1.91. The van der Waals surface area contributed by atoms with Gasteiger partial charge in [0.2, 0.25) is 5.95 Å². The van der Waals surface area contributed by atoms with Crippen LogP contribution in [0.1, 0.15) is 6.42 Å². The average molecular weight is 381 g/mol. The predicted octanol–water partition coefficient (Wildman–Crippen LogP) is 3.09. The summed E-state index contributed by atoms with van der Waals surface area (Å²) in [5.74, 6) is 2.33. The van der Waals surface area contributed by atoms with Crippen LogP contribution in [0, 0.1) is 0 Å². The van der Waals surface area contributed by atoms with E-state index in [4.69, 9.17) is 14.6 Å². The number of aromatic nitrogens is 3. The van der Waals surface area contributed by atoms with E-state index in [1.165, 1.54) is 0 Å². The topological polar surface area (TPSA) is 101 Å². The molecule has 0 amide bonds. The first-order chi connectivity index (χ1) is 13.7. The molecule has 1 aromatic carbocycles. The molecule has 28 heavy (non-hydrogen) atoms. The molecule has 0 spiro atoms. The number of nitrogens with one attached hydrogen (secondary N) is 2. The zero-order valence-electron chi connectivity index (χ0n) is 15.8. The number of anilines is 3. The number of aliphatic hydroxyl groups excluding tert-OH is 1. The van der Waals surface area contributed by atoms with Crippen LogP contribution in [0.25, 0.3) is 11.4 Å². The molecule has 0 atom stereocenters. The number of hydrogen-bond donors (Lipinski definition) is 3. The molecule has 8 heteroatoms. The Labute approximate surface area is 163 Å². The fourth-order valence-corrected chi connectivity index (χ4v) is 2.58. The molecule has 0 fully saturated rings. The van der Waals surface area contributed by atoms with E-state index in [9.17, 15) is 0 Å². The first kappa shape index (κ1) is 19.4. The van der Waals surface area contributed by atoms with E-state index >= 15 is 0 Å². The summed E-state index contributed by atoms with van der Waals surface area (Å²) in [5.41, 5.74) is 2.22. The number of methoxy groups -OCH3 is 2. The van der Waals surface area contributed by atoms with Crippen molar-refractivity contribution in [2.24, 2.45) is 0 Å². The second-order valence-electron chi connectivity index (χ2n) is 5.88. The van der Waals surface area contributed by atoms with Crippen molar-refractivity contribution >= 4 is 17.5 Å². The summed E-state index contributed by atoms with van der Waals surface area (Å²) in [6, 6.07) is 13.0. The molecule has 146 valence electrons. The standard InChI is InChI=1S/C20H23N5O3/c1-27-17-8-7-14(12-18(17)28-2)23-19-13-16(15-6-3-4-9-21-15)24-20(25-19)22-10-5-11-26/h3-4,6-9,12-13,26H,5,10-11H2,1-2H3,(H2,22,23,24,25). The molecular formula is C20H23N5O3. The van der Waals surface area contributed by atoms with Crippen LogP contribution in [0.3, 0.4) is 0 Å². The molecule has 0 aliphatic heterocycles. The van der Waals surface area contributed by atoms with E-state index in [1.54, 1.807) is 20.4 Å². The normalized spacial score (nSPS) is 10.4. The largest absolute Gasteiger partial charge is 0.493 e. The van der Waals surface area contributed by atoms with E-state index in [1.807, 2.05) is 42.5 Å². The number of rotatable bonds is 9. The van der Waals surface area contributed by atoms with Crippen LogP contribution in [0.2, 0.25) is 0 Å². The number of aliphatic hydroxyl groups is 1. The van der Waals surface area contributed by atoms with Gasteiger partial charge in [0.1, 0.15) is 5.82 Å². The summed E-state index contributed by atoms with van der Waals surface area (Å²) >= 11 is 0. The number of pyridine rings is 1. The lowest BCUT2D eigenvalue weighted by atomic mass is 10.2. The molecule has 0 unspecified atom stereocenters. The molecule has 2 aromatic heterocycles. The van der Waals surface area contributed by atoms with E-state index in [0.29, 0.717) is 41.9 Å². The summed E-state index contributed by atoms with van der Waals surface area (Å²) < 4.78 is 10.6. The van der Waals surface area contributed by atoms with Gasteiger partial charge in [-0.3, -0.25) is 4.98 Å². The van der Waals surface area contributed by atoms with Crippen molar-refractivity contribution in [3.8, 4) is 22.9 Å². The van der Waals surface area contributed by atoms with Crippen LogP contribution in [0.4, 0.5) is 17.5 Å². The lowest BCUT2D eigenvalue weighted by molar-refractivity contribution is 0.292. The monoisotopic (exact) mass is 381 g/mol. The molecule has 0 aliphatic rings. The molecule has 0 aliphatic carbocycles. The molecule has 3 N–H and O–H groups in total. The van der Waals surface area contributed by atoms with Crippen LogP contribution in [-0.2, 0) is 0 Å². The fourth-order valence-electron chi connectivity index (χ4n) is 2.58. The van der Waals surface area contributed by atoms with Gasteiger partial charge >= 0.3 is 0 Å². The molecule has 0 saturated carbocycles. The zero-order chi connectivity index (χ0) is 19.8. The van der Waals surface area contributed by atoms with Gasteiger partial charge in [-0.1, -0.05) is 6.07 Å². The second kappa shape index (κ2) is 9.52. The van der Waals surface area contributed by atoms with Gasteiger partial charge in [-0.15, -0.1) is 0 Å². The Kier molecular flexibility index (Phi) is 6.59. The predicted molar refractivity (Wildman–Crippen MR) is 108 cm³/mol. The molecule has 3 rings (SSSR count). The fraction of sp³-hybridized carbons (Fsp3) is 0.250. The minimum absolute atomic E-state index is 0.101. The lowest BCUT2D eigenvalue weighted by Gasteiger charge is -2.13. The molecule has 3 aromatic rings. The quantitative estimate of drug-likeness (QED) is 0.486. The molecule has 2 heterocycles. The maximum absolute atomic E-state index is 8.99. The highest BCUT2D eigenvalue weighted by Crippen LogP contribution is 2.31. The lowest BCUT2D eigenvalue weighted by Crippen LogP contribution is -2.09. The minimum atomic E-state index is 0.101. The van der Waals surface area contributed by atoms with Gasteiger partial charge < -0.3 is 25.2 Å². The maximum Gasteiger partial charge on any atom is 0.225 e. The minimum Gasteiger partial charge on any atom is -0.493 e. The van der Waals surface area contributed by atoms with Gasteiger partial charge in [-0.05, 0) is 30.7 Å². The molecule has 0 bridgehead atoms. The molecule has 8 nitrogen and oxygen atoms in total. The summed E-state index contributed by atoms with van der Waals surface area (Å²) in [4.78, 5) is 13.4. The number of ether oxygens (including phenoxy) is 2. The van der Waals surface area contributed by atoms with Crippen molar-refractivity contribution in [2.45, 2.75) is 6.42 Å². The van der Waals surface area contributed by atoms with Gasteiger partial charge in [-0.2, -0.15) is 4.98 Å². The van der Waals surface area contributed by atoms with Gasteiger partial charge in [0.25, 0.3) is 0 Å². The van der Waals surface area contributed by atoms with Gasteiger partial charge in [0, 0.05) is 37.2 Å². The molecule has 0 radical (unpaired) electrons. The van der Waals surface area contributed by atoms with E-state index in [0.717, 1.165) is 11.4 Å². The Hall–Kier alpha value is -3.39. The van der Waals surface area contributed by atoms with Crippen molar-refractivity contribution in [1.29, 1.82) is 0 Å². The average Bonchev–Trinajstić information content (AvgIpc) is 2.74. The SMILES string of the molecule is COc1ccc(Nc2cc(-c3ccccn3)nc(NCCCO)n2)cc1OC. The summed E-state index contributed by atoms with van der Waals surface area (Å²) in [6.45, 7) is 0.668. The van der Waals surface area contributed by atoms with Crippen molar-refractivity contribution in [3.63, 3.8) is 0 Å². The van der Waals surface area contributed by atoms with E-state index < -0.39 is 0 Å². The van der Waals surface area contributed by atoms with Gasteiger partial charge in [-0.25, -0.2) is 4.98 Å². The summed E-state index contributed by atoms with van der Waals surface area (Å²) in [7, 11) is 3.19. The maximum atomic E-state index is 8.99. The number of benzene rings is 1. The van der Waals surface area contributed by atoms with Crippen LogP contribution in [-0.4, -0.2) is 47.4 Å². The van der Waals surface area contributed by atoms with E-state index in [-0.39, 0.29) is 6.61 Å². The van der Waals surface area contributed by atoms with Crippen LogP contribution in [0.15, 0.2) is 48.7 Å². The third-order valence-corrected chi connectivity index (χ3v) is 3.93. The Morgan fingerprint density at radius 3 is 2.54 bits per heavy atom. The Bertz CT molecular complexity index is 906. The summed E-state index contributed by atoms with van der Waals surface area (Å²) in [5, 5.41) is 15.4. The Morgan fingerprint density at radius 1 is 0.964 bits per heavy atom. The first-order valence-corrected chi connectivity index (χ1v) is 8.87. The number of hydrogen-bond acceptors (Lipinski definition) is 8. The van der Waals surface area contributed by atoms with Crippen molar-refractivity contribution < 1.29 is 14.6 Å². The second-order valence-corrected chi connectivity index (χ2v) is 5.88. The highest BCUT2D eigenvalue weighted by Gasteiger charge is 2.10. The van der Waals surface area contributed by atoms with Crippen LogP contribution >= 0.6 is 0 Å². The third kappa shape index (κ3) is 4.86. The highest BCUT2D eigenvalue weighted by molar-refractivity contribution is 5.67.